The first kappa shape index (κ1) is 20.6. The van der Waals surface area contributed by atoms with Gasteiger partial charge in [0.1, 0.15) is 11.0 Å². The molecule has 1 aromatic heterocycles. The Morgan fingerprint density at radius 3 is 2.40 bits per heavy atom. The van der Waals surface area contributed by atoms with Gasteiger partial charge in [0.2, 0.25) is 0 Å². The van der Waals surface area contributed by atoms with Gasteiger partial charge in [0.05, 0.1) is 23.0 Å². The van der Waals surface area contributed by atoms with E-state index in [0.717, 1.165) is 5.56 Å². The molecule has 1 unspecified atom stereocenters. The van der Waals surface area contributed by atoms with Gasteiger partial charge in [-0.3, -0.25) is 4.79 Å². The molecular formula is C23H23ClFN3O2. The van der Waals surface area contributed by atoms with Crippen LogP contribution < -0.4 is 0 Å². The predicted octanol–water partition coefficient (Wildman–Crippen LogP) is 4.56. The summed E-state index contributed by atoms with van der Waals surface area (Å²) in [4.78, 5) is 14.9. The van der Waals surface area contributed by atoms with Crippen molar-refractivity contribution in [2.24, 2.45) is 5.92 Å². The summed E-state index contributed by atoms with van der Waals surface area (Å²) in [5.41, 5.74) is 2.39. The van der Waals surface area contributed by atoms with Crippen molar-refractivity contribution in [3.8, 4) is 5.69 Å². The first-order valence-corrected chi connectivity index (χ1v) is 10.4. The second-order valence-electron chi connectivity index (χ2n) is 7.62. The van der Waals surface area contributed by atoms with Gasteiger partial charge in [0.25, 0.3) is 5.91 Å². The fourth-order valence-electron chi connectivity index (χ4n) is 3.99. The minimum Gasteiger partial charge on any atom is -0.388 e. The van der Waals surface area contributed by atoms with Crippen LogP contribution in [0.25, 0.3) is 5.69 Å². The molecule has 0 radical (unpaired) electrons. The maximum atomic E-state index is 13.2. The number of aryl methyl sites for hydroxylation is 1. The van der Waals surface area contributed by atoms with Gasteiger partial charge in [-0.05, 0) is 55.5 Å². The minimum absolute atomic E-state index is 0.106. The van der Waals surface area contributed by atoms with Crippen LogP contribution in [0.15, 0.2) is 54.6 Å². The third kappa shape index (κ3) is 3.98. The number of carbonyl (C=O) groups is 1. The lowest BCUT2D eigenvalue weighted by atomic mass is 9.87. The van der Waals surface area contributed by atoms with Crippen molar-refractivity contribution in [1.82, 2.24) is 14.7 Å². The fourth-order valence-corrected chi connectivity index (χ4v) is 4.35. The SMILES string of the molecule is Cc1nn(-c2ccc(F)cc2)c(Cl)c1C(=O)N1CCC(C(O)c2ccccc2)CC1. The van der Waals surface area contributed by atoms with Crippen molar-refractivity contribution >= 4 is 17.5 Å². The highest BCUT2D eigenvalue weighted by molar-refractivity contribution is 6.33. The Morgan fingerprint density at radius 1 is 1.13 bits per heavy atom. The van der Waals surface area contributed by atoms with E-state index in [0.29, 0.717) is 42.9 Å². The van der Waals surface area contributed by atoms with E-state index in [1.807, 2.05) is 30.3 Å². The van der Waals surface area contributed by atoms with Gasteiger partial charge in [0, 0.05) is 13.1 Å². The van der Waals surface area contributed by atoms with Crippen LogP contribution in [0.1, 0.15) is 40.6 Å². The molecule has 30 heavy (non-hydrogen) atoms. The van der Waals surface area contributed by atoms with Crippen LogP contribution in [0.4, 0.5) is 4.39 Å². The highest BCUT2D eigenvalue weighted by Gasteiger charge is 2.31. The summed E-state index contributed by atoms with van der Waals surface area (Å²) in [5, 5.41) is 15.3. The highest BCUT2D eigenvalue weighted by atomic mass is 35.5. The minimum atomic E-state index is -0.532. The number of aliphatic hydroxyl groups is 1. The molecule has 1 N–H and O–H groups in total. The van der Waals surface area contributed by atoms with E-state index in [2.05, 4.69) is 5.10 Å². The van der Waals surface area contributed by atoms with Gasteiger partial charge < -0.3 is 10.0 Å². The molecule has 1 amide bonds. The summed E-state index contributed by atoms with van der Waals surface area (Å²) in [6.45, 7) is 2.83. The maximum absolute atomic E-state index is 13.2. The van der Waals surface area contributed by atoms with Gasteiger partial charge in [-0.1, -0.05) is 41.9 Å². The number of aromatic nitrogens is 2. The molecule has 1 aliphatic rings. The number of aliphatic hydroxyl groups excluding tert-OH is 1. The Morgan fingerprint density at radius 2 is 1.77 bits per heavy atom. The van der Waals surface area contributed by atoms with E-state index < -0.39 is 6.10 Å². The molecule has 0 spiro atoms. The molecule has 156 valence electrons. The number of rotatable bonds is 4. The Bertz CT molecular complexity index is 1030. The normalized spacial score (nSPS) is 15.9. The lowest BCUT2D eigenvalue weighted by Gasteiger charge is -2.34. The van der Waals surface area contributed by atoms with Gasteiger partial charge in [-0.2, -0.15) is 5.10 Å². The number of likely N-dealkylation sites (tertiary alicyclic amines) is 1. The Labute approximate surface area is 179 Å². The predicted molar refractivity (Wildman–Crippen MR) is 113 cm³/mol. The number of hydrogen-bond donors (Lipinski definition) is 1. The summed E-state index contributed by atoms with van der Waals surface area (Å²) in [6.07, 6.45) is 0.893. The molecule has 2 aromatic carbocycles. The van der Waals surface area contributed by atoms with Gasteiger partial charge in [0.15, 0.2) is 0 Å². The van der Waals surface area contributed by atoms with Crippen LogP contribution >= 0.6 is 11.6 Å². The highest BCUT2D eigenvalue weighted by Crippen LogP contribution is 2.32. The number of nitrogens with zero attached hydrogens (tertiary/aromatic N) is 3. The molecule has 0 bridgehead atoms. The summed E-state index contributed by atoms with van der Waals surface area (Å²) in [7, 11) is 0. The molecule has 5 nitrogen and oxygen atoms in total. The van der Waals surface area contributed by atoms with E-state index >= 15 is 0 Å². The Hall–Kier alpha value is -2.70. The lowest BCUT2D eigenvalue weighted by molar-refractivity contribution is 0.0462. The van der Waals surface area contributed by atoms with Gasteiger partial charge in [-0.25, -0.2) is 9.07 Å². The third-order valence-electron chi connectivity index (χ3n) is 5.70. The van der Waals surface area contributed by atoms with E-state index in [1.54, 1.807) is 24.0 Å². The molecule has 0 aliphatic carbocycles. The van der Waals surface area contributed by atoms with Crippen molar-refractivity contribution in [3.63, 3.8) is 0 Å². The molecule has 0 saturated carbocycles. The van der Waals surface area contributed by atoms with Crippen molar-refractivity contribution in [2.45, 2.75) is 25.9 Å². The number of benzene rings is 2. The molecule has 1 fully saturated rings. The molecular weight excluding hydrogens is 405 g/mol. The van der Waals surface area contributed by atoms with Crippen molar-refractivity contribution in [3.05, 3.63) is 82.4 Å². The topological polar surface area (TPSA) is 58.4 Å². The number of amides is 1. The van der Waals surface area contributed by atoms with Gasteiger partial charge in [-0.15, -0.1) is 0 Å². The van der Waals surface area contributed by atoms with E-state index in [1.165, 1.54) is 16.8 Å². The second-order valence-corrected chi connectivity index (χ2v) is 7.98. The van der Waals surface area contributed by atoms with E-state index in [9.17, 15) is 14.3 Å². The summed E-state index contributed by atoms with van der Waals surface area (Å²) < 4.78 is 14.7. The van der Waals surface area contributed by atoms with Gasteiger partial charge >= 0.3 is 0 Å². The largest absolute Gasteiger partial charge is 0.388 e. The van der Waals surface area contributed by atoms with Crippen LogP contribution in [0, 0.1) is 18.7 Å². The molecule has 2 heterocycles. The smallest absolute Gasteiger partial charge is 0.258 e. The van der Waals surface area contributed by atoms with Crippen molar-refractivity contribution in [2.75, 3.05) is 13.1 Å². The maximum Gasteiger partial charge on any atom is 0.258 e. The fraction of sp³-hybridized carbons (Fsp3) is 0.304. The first-order valence-electron chi connectivity index (χ1n) is 9.99. The zero-order chi connectivity index (χ0) is 21.3. The van der Waals surface area contributed by atoms with Crippen LogP contribution in [-0.4, -0.2) is 38.8 Å². The monoisotopic (exact) mass is 427 g/mol. The van der Waals surface area contributed by atoms with E-state index in [4.69, 9.17) is 11.6 Å². The second kappa shape index (κ2) is 8.58. The molecule has 1 saturated heterocycles. The summed E-state index contributed by atoms with van der Waals surface area (Å²) in [5.74, 6) is -0.413. The molecule has 4 rings (SSSR count). The summed E-state index contributed by atoms with van der Waals surface area (Å²) in [6, 6.07) is 15.4. The van der Waals surface area contributed by atoms with Crippen LogP contribution in [0.2, 0.25) is 5.15 Å². The Balaban J connectivity index is 1.48. The Kier molecular flexibility index (Phi) is 5.88. The average molecular weight is 428 g/mol. The van der Waals surface area contributed by atoms with Crippen molar-refractivity contribution in [1.29, 1.82) is 0 Å². The zero-order valence-electron chi connectivity index (χ0n) is 16.6. The standard InChI is InChI=1S/C23H23ClFN3O2/c1-15-20(22(24)28(26-15)19-9-7-18(25)8-10-19)23(30)27-13-11-17(12-14-27)21(29)16-5-3-2-4-6-16/h2-10,17,21,29H,11-14H2,1H3. The molecule has 7 heteroatoms. The van der Waals surface area contributed by atoms with Crippen LogP contribution in [-0.2, 0) is 0 Å². The quantitative estimate of drug-likeness (QED) is 0.664. The number of piperidine rings is 1. The molecule has 1 atom stereocenters. The summed E-state index contributed by atoms with van der Waals surface area (Å²) >= 11 is 6.50. The average Bonchev–Trinajstić information content (AvgIpc) is 3.08. The van der Waals surface area contributed by atoms with Crippen LogP contribution in [0.3, 0.4) is 0 Å². The zero-order valence-corrected chi connectivity index (χ0v) is 17.4. The molecule has 1 aliphatic heterocycles. The van der Waals surface area contributed by atoms with Crippen molar-refractivity contribution < 1.29 is 14.3 Å². The molecule has 3 aromatic rings. The number of halogens is 2. The first-order chi connectivity index (χ1) is 14.5. The number of hydrogen-bond acceptors (Lipinski definition) is 3. The van der Waals surface area contributed by atoms with Crippen LogP contribution in [0.5, 0.6) is 0 Å². The van der Waals surface area contributed by atoms with E-state index in [-0.39, 0.29) is 22.8 Å². The third-order valence-corrected chi connectivity index (χ3v) is 6.05. The number of carbonyl (C=O) groups excluding carboxylic acids is 1. The lowest BCUT2D eigenvalue weighted by Crippen LogP contribution is -2.40.